The van der Waals surface area contributed by atoms with Gasteiger partial charge in [-0.1, -0.05) is 18.2 Å². The van der Waals surface area contributed by atoms with Crippen molar-refractivity contribution in [3.8, 4) is 0 Å². The molecule has 0 rings (SSSR count). The van der Waals surface area contributed by atoms with E-state index in [1.54, 1.807) is 6.08 Å². The molecule has 0 amide bonds. The van der Waals surface area contributed by atoms with Gasteiger partial charge in [-0.05, 0) is 19.4 Å². The molecule has 0 heterocycles. The van der Waals surface area contributed by atoms with Gasteiger partial charge in [0.05, 0.1) is 0 Å². The highest BCUT2D eigenvalue weighted by molar-refractivity contribution is 5.88. The van der Waals surface area contributed by atoms with Crippen LogP contribution in [-0.4, -0.2) is 12.0 Å². The minimum absolute atomic E-state index is 0.0873. The Labute approximate surface area is 67.1 Å². The molecule has 0 aliphatic heterocycles. The van der Waals surface area contributed by atoms with Crippen molar-refractivity contribution in [1.82, 2.24) is 0 Å². The molecule has 0 unspecified atom stereocenters. The van der Waals surface area contributed by atoms with Crippen LogP contribution in [0.1, 0.15) is 20.3 Å². The van der Waals surface area contributed by atoms with Crippen LogP contribution < -0.4 is 0 Å². The maximum absolute atomic E-state index is 10.6. The maximum atomic E-state index is 10.6. The quantitative estimate of drug-likeness (QED) is 0.485. The zero-order valence-corrected chi connectivity index (χ0v) is 6.92. The molecule has 0 bridgehead atoms. The second-order valence-electron chi connectivity index (χ2n) is 2.29. The molecule has 0 atom stereocenters. The summed E-state index contributed by atoms with van der Waals surface area (Å²) in [5.41, 5.74) is 0.746. The predicted octanol–water partition coefficient (Wildman–Crippen LogP) is 2.12. The van der Waals surface area contributed by atoms with E-state index < -0.39 is 0 Å². The molecular weight excluding hydrogens is 138 g/mol. The number of Topliss-reactive ketones (excluding diaryl/α,β-unsaturated/α-hetero) is 1. The van der Waals surface area contributed by atoms with Gasteiger partial charge in [0.2, 0.25) is 0 Å². The standard InChI is InChI=1S/C9H13NO/c1-3-4-5-9(7-10)6-8(2)11/h3-5,7,10H,6H2,1-2H3/b4-3-,9-5-,10-7?. The molecule has 2 nitrogen and oxygen atoms in total. The summed E-state index contributed by atoms with van der Waals surface area (Å²) in [6.45, 7) is 3.42. The van der Waals surface area contributed by atoms with Gasteiger partial charge in [-0.25, -0.2) is 0 Å². The lowest BCUT2D eigenvalue weighted by molar-refractivity contribution is -0.116. The zero-order chi connectivity index (χ0) is 8.69. The number of allylic oxidation sites excluding steroid dienone is 4. The number of hydrogen-bond donors (Lipinski definition) is 1. The molecule has 0 aromatic rings. The van der Waals surface area contributed by atoms with Crippen molar-refractivity contribution < 1.29 is 4.79 Å². The number of nitrogens with one attached hydrogen (secondary N) is 1. The first-order valence-electron chi connectivity index (χ1n) is 3.52. The Bertz CT molecular complexity index is 202. The highest BCUT2D eigenvalue weighted by atomic mass is 16.1. The maximum Gasteiger partial charge on any atom is 0.134 e. The van der Waals surface area contributed by atoms with Gasteiger partial charge in [0.15, 0.2) is 0 Å². The summed E-state index contributed by atoms with van der Waals surface area (Å²) >= 11 is 0. The molecule has 0 fully saturated rings. The van der Waals surface area contributed by atoms with Crippen LogP contribution >= 0.6 is 0 Å². The average Bonchev–Trinajstić information content (AvgIpc) is 1.97. The SMILES string of the molecule is C/C=C\C=C(/C=N)CC(C)=O. The third kappa shape index (κ3) is 5.27. The van der Waals surface area contributed by atoms with E-state index in [2.05, 4.69) is 0 Å². The summed E-state index contributed by atoms with van der Waals surface area (Å²) in [6.07, 6.45) is 7.02. The molecule has 0 aliphatic rings. The predicted molar refractivity (Wildman–Crippen MR) is 47.0 cm³/mol. The highest BCUT2D eigenvalue weighted by Gasteiger charge is 1.95. The largest absolute Gasteiger partial charge is 0.308 e. The van der Waals surface area contributed by atoms with Gasteiger partial charge in [-0.3, -0.25) is 4.79 Å². The molecule has 2 heteroatoms. The van der Waals surface area contributed by atoms with E-state index in [1.807, 2.05) is 19.1 Å². The molecule has 0 saturated heterocycles. The Morgan fingerprint density at radius 3 is 2.55 bits per heavy atom. The fourth-order valence-corrected chi connectivity index (χ4v) is 0.665. The van der Waals surface area contributed by atoms with Gasteiger partial charge in [0.25, 0.3) is 0 Å². The molecular formula is C9H13NO. The van der Waals surface area contributed by atoms with Gasteiger partial charge in [0.1, 0.15) is 5.78 Å². The second kappa shape index (κ2) is 5.59. The lowest BCUT2D eigenvalue weighted by Crippen LogP contribution is -1.93. The molecule has 0 saturated carbocycles. The number of rotatable bonds is 4. The van der Waals surface area contributed by atoms with Crippen molar-refractivity contribution in [3.05, 3.63) is 23.8 Å². The minimum atomic E-state index is 0.0873. The number of carbonyl (C=O) groups excluding carboxylic acids is 1. The Morgan fingerprint density at radius 2 is 2.18 bits per heavy atom. The number of ketones is 1. The first kappa shape index (κ1) is 9.82. The Morgan fingerprint density at radius 1 is 1.55 bits per heavy atom. The minimum Gasteiger partial charge on any atom is -0.308 e. The summed E-state index contributed by atoms with van der Waals surface area (Å²) in [4.78, 5) is 10.6. The van der Waals surface area contributed by atoms with Crippen molar-refractivity contribution in [2.24, 2.45) is 0 Å². The summed E-state index contributed by atoms with van der Waals surface area (Å²) in [5.74, 6) is 0.0873. The number of carbonyl (C=O) groups is 1. The van der Waals surface area contributed by atoms with Gasteiger partial charge >= 0.3 is 0 Å². The van der Waals surface area contributed by atoms with Crippen LogP contribution in [-0.2, 0) is 4.79 Å². The summed E-state index contributed by atoms with van der Waals surface area (Å²) < 4.78 is 0. The van der Waals surface area contributed by atoms with E-state index in [0.29, 0.717) is 6.42 Å². The van der Waals surface area contributed by atoms with Crippen LogP contribution in [0.2, 0.25) is 0 Å². The molecule has 0 aliphatic carbocycles. The van der Waals surface area contributed by atoms with E-state index in [-0.39, 0.29) is 5.78 Å². The van der Waals surface area contributed by atoms with E-state index in [1.165, 1.54) is 13.1 Å². The first-order valence-corrected chi connectivity index (χ1v) is 3.52. The van der Waals surface area contributed by atoms with Crippen molar-refractivity contribution in [3.63, 3.8) is 0 Å². The lowest BCUT2D eigenvalue weighted by atomic mass is 10.1. The van der Waals surface area contributed by atoms with E-state index in [4.69, 9.17) is 5.41 Å². The van der Waals surface area contributed by atoms with Crippen LogP contribution in [0.3, 0.4) is 0 Å². The summed E-state index contributed by atoms with van der Waals surface area (Å²) in [7, 11) is 0. The van der Waals surface area contributed by atoms with Crippen LogP contribution in [0.5, 0.6) is 0 Å². The molecule has 1 N–H and O–H groups in total. The van der Waals surface area contributed by atoms with Gasteiger partial charge in [-0.2, -0.15) is 0 Å². The normalized spacial score (nSPS) is 12.0. The lowest BCUT2D eigenvalue weighted by Gasteiger charge is -1.92. The Balaban J connectivity index is 4.15. The topological polar surface area (TPSA) is 40.9 Å². The Kier molecular flexibility index (Phi) is 4.99. The fourth-order valence-electron chi connectivity index (χ4n) is 0.665. The Hall–Kier alpha value is -1.18. The summed E-state index contributed by atoms with van der Waals surface area (Å²) in [6, 6.07) is 0. The van der Waals surface area contributed by atoms with Gasteiger partial charge in [-0.15, -0.1) is 0 Å². The van der Waals surface area contributed by atoms with Crippen LogP contribution in [0.4, 0.5) is 0 Å². The third-order valence-electron chi connectivity index (χ3n) is 1.14. The van der Waals surface area contributed by atoms with Crippen molar-refractivity contribution in [2.45, 2.75) is 20.3 Å². The molecule has 11 heavy (non-hydrogen) atoms. The van der Waals surface area contributed by atoms with E-state index in [9.17, 15) is 4.79 Å². The molecule has 0 radical (unpaired) electrons. The summed E-state index contributed by atoms with van der Waals surface area (Å²) in [5, 5.41) is 6.95. The molecule has 0 aromatic heterocycles. The van der Waals surface area contributed by atoms with E-state index in [0.717, 1.165) is 5.57 Å². The zero-order valence-electron chi connectivity index (χ0n) is 6.92. The van der Waals surface area contributed by atoms with Gasteiger partial charge in [0, 0.05) is 12.6 Å². The van der Waals surface area contributed by atoms with Crippen LogP contribution in [0.25, 0.3) is 0 Å². The van der Waals surface area contributed by atoms with Crippen LogP contribution in [0, 0.1) is 5.41 Å². The smallest absolute Gasteiger partial charge is 0.134 e. The second-order valence-corrected chi connectivity index (χ2v) is 2.29. The van der Waals surface area contributed by atoms with Gasteiger partial charge < -0.3 is 5.41 Å². The van der Waals surface area contributed by atoms with Crippen molar-refractivity contribution >= 4 is 12.0 Å². The monoisotopic (exact) mass is 151 g/mol. The molecule has 0 spiro atoms. The van der Waals surface area contributed by atoms with Crippen LogP contribution in [0.15, 0.2) is 23.8 Å². The van der Waals surface area contributed by atoms with Crippen molar-refractivity contribution in [2.75, 3.05) is 0 Å². The average molecular weight is 151 g/mol. The van der Waals surface area contributed by atoms with Crippen molar-refractivity contribution in [1.29, 1.82) is 5.41 Å². The highest BCUT2D eigenvalue weighted by Crippen LogP contribution is 1.98. The molecule has 0 aromatic carbocycles. The van der Waals surface area contributed by atoms with E-state index >= 15 is 0 Å². The fraction of sp³-hybridized carbons (Fsp3) is 0.333. The third-order valence-corrected chi connectivity index (χ3v) is 1.14. The first-order chi connectivity index (χ1) is 5.20. The molecule has 60 valence electrons. The number of hydrogen-bond acceptors (Lipinski definition) is 2.